The van der Waals surface area contributed by atoms with Crippen LogP contribution in [-0.2, 0) is 15.2 Å². The van der Waals surface area contributed by atoms with E-state index < -0.39 is 21.8 Å². The fourth-order valence-corrected chi connectivity index (χ4v) is 2.72. The number of allylic oxidation sites excluding steroid dienone is 8. The van der Waals surface area contributed by atoms with E-state index in [1.807, 2.05) is 0 Å². The maximum atomic E-state index is 9.75. The predicted octanol–water partition coefficient (Wildman–Crippen LogP) is 6.66. The number of halogens is 12. The number of rotatable bonds is 2. The smallest absolute Gasteiger partial charge is 0.418 e. The van der Waals surface area contributed by atoms with Gasteiger partial charge >= 0.3 is 95.2 Å². The molecule has 0 fully saturated rings. The zero-order valence-electron chi connectivity index (χ0n) is 12.6. The van der Waals surface area contributed by atoms with Crippen LogP contribution in [0.1, 0.15) is 12.8 Å². The molecule has 0 spiro atoms. The Balaban J connectivity index is 0. The van der Waals surface area contributed by atoms with E-state index in [1.165, 1.54) is 12.8 Å². The van der Waals surface area contributed by atoms with Gasteiger partial charge in [0, 0.05) is 0 Å². The third kappa shape index (κ3) is 38.4. The van der Waals surface area contributed by atoms with Crippen LogP contribution >= 0.6 is 0 Å². The Bertz CT molecular complexity index is 440. The zero-order valence-corrected chi connectivity index (χ0v) is 13.8. The molecule has 0 aromatic carbocycles. The second kappa shape index (κ2) is 12.3. The van der Waals surface area contributed by atoms with Crippen molar-refractivity contribution in [2.24, 2.45) is 0 Å². The van der Waals surface area contributed by atoms with Crippen molar-refractivity contribution < 1.29 is 67.0 Å². The standard InChI is InChI=1S/2C5H5.3BF4.Cr/c2*1-2-4-5-3-1;3*2-1(3,4)5;/h2*1-3H,4H2;;;;/q;;3*-1;+3. The van der Waals surface area contributed by atoms with Gasteiger partial charge in [0.05, 0.1) is 0 Å². The van der Waals surface area contributed by atoms with E-state index in [2.05, 4.69) is 36.5 Å². The van der Waals surface area contributed by atoms with E-state index in [1.54, 1.807) is 8.87 Å². The minimum Gasteiger partial charge on any atom is -0.418 e. The van der Waals surface area contributed by atoms with Crippen LogP contribution in [0, 0.1) is 0 Å². The van der Waals surface area contributed by atoms with Gasteiger partial charge in [0.1, 0.15) is 0 Å². The predicted molar refractivity (Wildman–Crippen MR) is 74.2 cm³/mol. The molecule has 0 atom stereocenters. The molecule has 149 valence electrons. The first kappa shape index (κ1) is 27.1. The Morgan fingerprint density at radius 2 is 0.769 bits per heavy atom. The molecular weight excluding hydrogens is 433 g/mol. The van der Waals surface area contributed by atoms with Crippen LogP contribution in [0.25, 0.3) is 0 Å². The molecule has 2 aliphatic carbocycles. The largest absolute Gasteiger partial charge is 0.673 e. The summed E-state index contributed by atoms with van der Waals surface area (Å²) in [6.45, 7) is 0. The summed E-state index contributed by atoms with van der Waals surface area (Å²) in [6.07, 6.45) is 15.7. The van der Waals surface area contributed by atoms with Crippen molar-refractivity contribution in [2.75, 3.05) is 0 Å². The fraction of sp³-hybridized carbons (Fsp3) is 0.200. The SMILES string of the molecule is C1=CC[C]([Cr+3][C]2=CC=CC2)=C1.F[B-](F)(F)F.F[B-](F)(F)F.F[B-](F)(F)F. The molecule has 2 rings (SSSR count). The van der Waals surface area contributed by atoms with Gasteiger partial charge in [-0.25, -0.2) is 0 Å². The fourth-order valence-electron chi connectivity index (χ4n) is 1.17. The Labute approximate surface area is 147 Å². The Morgan fingerprint density at radius 1 is 0.538 bits per heavy atom. The summed E-state index contributed by atoms with van der Waals surface area (Å²) in [6, 6.07) is 0. The summed E-state index contributed by atoms with van der Waals surface area (Å²) in [4.78, 5) is 0. The minimum atomic E-state index is -6.00. The van der Waals surface area contributed by atoms with E-state index in [4.69, 9.17) is 0 Å². The van der Waals surface area contributed by atoms with Gasteiger partial charge in [0.15, 0.2) is 0 Å². The van der Waals surface area contributed by atoms with Crippen LogP contribution < -0.4 is 0 Å². The monoisotopic (exact) mass is 443 g/mol. The molecule has 0 amide bonds. The molecule has 0 saturated carbocycles. The van der Waals surface area contributed by atoms with Gasteiger partial charge in [-0.05, 0) is 0 Å². The molecule has 0 aliphatic heterocycles. The van der Waals surface area contributed by atoms with E-state index in [9.17, 15) is 51.8 Å². The van der Waals surface area contributed by atoms with Crippen molar-refractivity contribution in [3.8, 4) is 0 Å². The Kier molecular flexibility index (Phi) is 12.8. The van der Waals surface area contributed by atoms with Gasteiger partial charge in [-0.2, -0.15) is 0 Å². The molecule has 0 unspecified atom stereocenters. The van der Waals surface area contributed by atoms with E-state index in [0.29, 0.717) is 15.2 Å². The first-order valence-electron chi connectivity index (χ1n) is 6.46. The van der Waals surface area contributed by atoms with Gasteiger partial charge < -0.3 is 51.8 Å². The molecule has 16 heteroatoms. The number of hydrogen-bond donors (Lipinski definition) is 0. The van der Waals surface area contributed by atoms with Crippen LogP contribution in [0.2, 0.25) is 0 Å². The summed E-state index contributed by atoms with van der Waals surface area (Å²) in [5.41, 5.74) is 0. The second-order valence-corrected chi connectivity index (χ2v) is 6.07. The van der Waals surface area contributed by atoms with Gasteiger partial charge in [-0.15, -0.1) is 0 Å². The first-order chi connectivity index (χ1) is 11.4. The zero-order chi connectivity index (χ0) is 21.0. The molecule has 0 radical (unpaired) electrons. The third-order valence-electron chi connectivity index (χ3n) is 1.74. The van der Waals surface area contributed by atoms with E-state index in [-0.39, 0.29) is 0 Å². The maximum absolute atomic E-state index is 9.75. The molecule has 26 heavy (non-hydrogen) atoms. The van der Waals surface area contributed by atoms with Crippen LogP contribution in [-0.4, -0.2) is 21.8 Å². The quantitative estimate of drug-likeness (QED) is 0.331. The van der Waals surface area contributed by atoms with Crippen LogP contribution in [0.15, 0.2) is 45.3 Å². The molecule has 0 saturated heterocycles. The average molecular weight is 443 g/mol. The average Bonchev–Trinajstić information content (AvgIpc) is 2.95. The minimum absolute atomic E-state index is 0.632. The molecule has 2 aliphatic rings. The summed E-state index contributed by atoms with van der Waals surface area (Å²) in [5, 5.41) is 0. The summed E-state index contributed by atoms with van der Waals surface area (Å²) in [5.74, 6) is 0. The van der Waals surface area contributed by atoms with Gasteiger partial charge in [0.25, 0.3) is 0 Å². The topological polar surface area (TPSA) is 0 Å². The summed E-state index contributed by atoms with van der Waals surface area (Å²) in [7, 11) is -18.0. The number of hydrogen-bond acceptors (Lipinski definition) is 0. The molecule has 0 N–H and O–H groups in total. The molecular formula is C10H10B3CrF12. The van der Waals surface area contributed by atoms with Gasteiger partial charge in [-0.3, -0.25) is 0 Å². The molecule has 0 heterocycles. The Morgan fingerprint density at radius 3 is 0.923 bits per heavy atom. The van der Waals surface area contributed by atoms with E-state index in [0.717, 1.165) is 0 Å². The van der Waals surface area contributed by atoms with Crippen molar-refractivity contribution in [2.45, 2.75) is 12.8 Å². The molecule has 0 aromatic rings. The molecule has 0 bridgehead atoms. The van der Waals surface area contributed by atoms with Gasteiger partial charge in [-0.1, -0.05) is 0 Å². The normalized spacial score (nSPS) is 15.4. The maximum Gasteiger partial charge on any atom is 0.673 e. The van der Waals surface area contributed by atoms with Crippen molar-refractivity contribution in [3.63, 3.8) is 0 Å². The van der Waals surface area contributed by atoms with Crippen LogP contribution in [0.5, 0.6) is 0 Å². The van der Waals surface area contributed by atoms with E-state index >= 15 is 0 Å². The van der Waals surface area contributed by atoms with Crippen molar-refractivity contribution in [3.05, 3.63) is 45.3 Å². The van der Waals surface area contributed by atoms with Crippen LogP contribution in [0.3, 0.4) is 0 Å². The van der Waals surface area contributed by atoms with Crippen LogP contribution in [0.4, 0.5) is 51.8 Å². The molecule has 0 aromatic heterocycles. The summed E-state index contributed by atoms with van der Waals surface area (Å²) >= 11 is 0.632. The van der Waals surface area contributed by atoms with Crippen molar-refractivity contribution >= 4 is 21.8 Å². The molecule has 0 nitrogen and oxygen atoms in total. The van der Waals surface area contributed by atoms with Gasteiger partial charge in [0.2, 0.25) is 0 Å². The van der Waals surface area contributed by atoms with Crippen molar-refractivity contribution in [1.82, 2.24) is 0 Å². The Hall–Kier alpha value is -1.15. The second-order valence-electron chi connectivity index (χ2n) is 4.12. The summed E-state index contributed by atoms with van der Waals surface area (Å²) < 4.78 is 120. The third-order valence-corrected chi connectivity index (χ3v) is 3.50. The van der Waals surface area contributed by atoms with Crippen molar-refractivity contribution in [1.29, 1.82) is 0 Å². The first-order valence-corrected chi connectivity index (χ1v) is 7.74.